The van der Waals surface area contributed by atoms with Crippen molar-refractivity contribution in [1.82, 2.24) is 4.98 Å². The molecule has 1 heterocycles. The number of anilines is 1. The predicted molar refractivity (Wildman–Crippen MR) is 76.1 cm³/mol. The number of ether oxygens (including phenoxy) is 1. The van der Waals surface area contributed by atoms with Crippen LogP contribution in [0.25, 0.3) is 10.9 Å². The monoisotopic (exact) mass is 244 g/mol. The molecule has 1 aromatic carbocycles. The zero-order valence-corrected chi connectivity index (χ0v) is 11.1. The highest BCUT2D eigenvalue weighted by atomic mass is 16.5. The van der Waals surface area contributed by atoms with Gasteiger partial charge in [-0.05, 0) is 25.5 Å². The average molecular weight is 244 g/mol. The van der Waals surface area contributed by atoms with Crippen molar-refractivity contribution in [1.29, 1.82) is 0 Å². The van der Waals surface area contributed by atoms with Crippen molar-refractivity contribution < 1.29 is 4.74 Å². The number of para-hydroxylation sites is 1. The lowest BCUT2D eigenvalue weighted by molar-refractivity contribution is 0.158. The summed E-state index contributed by atoms with van der Waals surface area (Å²) < 4.78 is 5.35. The number of nitrogens with one attached hydrogen (secondary N) is 1. The van der Waals surface area contributed by atoms with Crippen molar-refractivity contribution in [3.8, 4) is 0 Å². The van der Waals surface area contributed by atoms with Gasteiger partial charge in [-0.15, -0.1) is 0 Å². The summed E-state index contributed by atoms with van der Waals surface area (Å²) in [6, 6.07) is 10.4. The maximum absolute atomic E-state index is 5.35. The van der Waals surface area contributed by atoms with Crippen LogP contribution in [0.15, 0.2) is 30.3 Å². The van der Waals surface area contributed by atoms with Crippen LogP contribution in [0.3, 0.4) is 0 Å². The molecule has 0 fully saturated rings. The van der Waals surface area contributed by atoms with Gasteiger partial charge < -0.3 is 10.1 Å². The highest BCUT2D eigenvalue weighted by Crippen LogP contribution is 2.23. The molecule has 3 nitrogen and oxygen atoms in total. The highest BCUT2D eigenvalue weighted by molar-refractivity contribution is 5.91. The number of aryl methyl sites for hydroxylation is 1. The van der Waals surface area contributed by atoms with Gasteiger partial charge in [0.15, 0.2) is 0 Å². The first-order valence-corrected chi connectivity index (χ1v) is 6.55. The molecule has 2 aromatic rings. The van der Waals surface area contributed by atoms with E-state index in [1.807, 2.05) is 19.1 Å². The van der Waals surface area contributed by atoms with E-state index in [0.717, 1.165) is 43.1 Å². The summed E-state index contributed by atoms with van der Waals surface area (Å²) in [4.78, 5) is 4.63. The van der Waals surface area contributed by atoms with Gasteiger partial charge in [0.05, 0.1) is 12.1 Å². The molecule has 0 radical (unpaired) electrons. The lowest BCUT2D eigenvalue weighted by Crippen LogP contribution is -2.10. The van der Waals surface area contributed by atoms with Crippen LogP contribution in [0.1, 0.15) is 19.5 Å². The van der Waals surface area contributed by atoms with Gasteiger partial charge in [0.2, 0.25) is 0 Å². The maximum atomic E-state index is 5.35. The van der Waals surface area contributed by atoms with Gasteiger partial charge in [-0.3, -0.25) is 4.98 Å². The van der Waals surface area contributed by atoms with Crippen LogP contribution in [-0.2, 0) is 11.2 Å². The van der Waals surface area contributed by atoms with Crippen molar-refractivity contribution in [3.05, 3.63) is 36.0 Å². The Morgan fingerprint density at radius 1 is 1.22 bits per heavy atom. The molecule has 0 saturated heterocycles. The first-order valence-electron chi connectivity index (χ1n) is 6.55. The molecule has 0 spiro atoms. The second kappa shape index (κ2) is 6.36. The molecule has 96 valence electrons. The Hall–Kier alpha value is -1.61. The number of fused-ring (bicyclic) bond motifs is 1. The Kier molecular flexibility index (Phi) is 4.53. The van der Waals surface area contributed by atoms with E-state index >= 15 is 0 Å². The topological polar surface area (TPSA) is 34.1 Å². The van der Waals surface area contributed by atoms with Gasteiger partial charge in [0.1, 0.15) is 0 Å². The van der Waals surface area contributed by atoms with Gasteiger partial charge in [-0.1, -0.05) is 25.1 Å². The Bertz CT molecular complexity index is 511. The molecule has 0 atom stereocenters. The number of benzene rings is 1. The number of aromatic nitrogens is 1. The number of hydrogen-bond acceptors (Lipinski definition) is 3. The Balaban J connectivity index is 2.23. The minimum absolute atomic E-state index is 0.731. The average Bonchev–Trinajstić information content (AvgIpc) is 2.43. The Labute approximate surface area is 108 Å². The van der Waals surface area contributed by atoms with Gasteiger partial charge in [0.25, 0.3) is 0 Å². The van der Waals surface area contributed by atoms with Gasteiger partial charge in [-0.25, -0.2) is 0 Å². The third-order valence-electron chi connectivity index (χ3n) is 2.90. The summed E-state index contributed by atoms with van der Waals surface area (Å²) in [5.41, 5.74) is 3.32. The molecule has 1 N–H and O–H groups in total. The van der Waals surface area contributed by atoms with Crippen molar-refractivity contribution in [2.45, 2.75) is 20.3 Å². The third-order valence-corrected chi connectivity index (χ3v) is 2.90. The fourth-order valence-corrected chi connectivity index (χ4v) is 1.96. The molecule has 0 aliphatic carbocycles. The molecule has 2 rings (SSSR count). The SMILES string of the molecule is CCOCCNc1cc(CC)nc2ccccc12. The molecule has 3 heteroatoms. The van der Waals surface area contributed by atoms with Gasteiger partial charge >= 0.3 is 0 Å². The molecule has 0 bridgehead atoms. The summed E-state index contributed by atoms with van der Waals surface area (Å²) in [5.74, 6) is 0. The van der Waals surface area contributed by atoms with Crippen molar-refractivity contribution in [2.75, 3.05) is 25.1 Å². The number of nitrogens with zero attached hydrogens (tertiary/aromatic N) is 1. The predicted octanol–water partition coefficient (Wildman–Crippen LogP) is 3.25. The van der Waals surface area contributed by atoms with Crippen LogP contribution >= 0.6 is 0 Å². The summed E-state index contributed by atoms with van der Waals surface area (Å²) in [6.07, 6.45) is 0.949. The summed E-state index contributed by atoms with van der Waals surface area (Å²) >= 11 is 0. The Morgan fingerprint density at radius 3 is 2.83 bits per heavy atom. The van der Waals surface area contributed by atoms with Crippen LogP contribution in [0.4, 0.5) is 5.69 Å². The van der Waals surface area contributed by atoms with E-state index in [9.17, 15) is 0 Å². The quantitative estimate of drug-likeness (QED) is 0.792. The molecule has 0 amide bonds. The van der Waals surface area contributed by atoms with E-state index in [-0.39, 0.29) is 0 Å². The molecule has 0 aliphatic rings. The lowest BCUT2D eigenvalue weighted by Gasteiger charge is -2.11. The molecule has 0 unspecified atom stereocenters. The van der Waals surface area contributed by atoms with Crippen LogP contribution < -0.4 is 5.32 Å². The lowest BCUT2D eigenvalue weighted by atomic mass is 10.1. The minimum Gasteiger partial charge on any atom is -0.382 e. The van der Waals surface area contributed by atoms with Crippen molar-refractivity contribution >= 4 is 16.6 Å². The summed E-state index contributed by atoms with van der Waals surface area (Å²) in [5, 5.41) is 4.60. The molecule has 1 aromatic heterocycles. The van der Waals surface area contributed by atoms with Crippen LogP contribution in [0.5, 0.6) is 0 Å². The van der Waals surface area contributed by atoms with Gasteiger partial charge in [-0.2, -0.15) is 0 Å². The zero-order valence-electron chi connectivity index (χ0n) is 11.1. The van der Waals surface area contributed by atoms with Crippen LogP contribution in [-0.4, -0.2) is 24.7 Å². The van der Waals surface area contributed by atoms with Crippen molar-refractivity contribution in [3.63, 3.8) is 0 Å². The molecule has 0 aliphatic heterocycles. The number of pyridine rings is 1. The van der Waals surface area contributed by atoms with E-state index in [0.29, 0.717) is 0 Å². The fourth-order valence-electron chi connectivity index (χ4n) is 1.96. The van der Waals surface area contributed by atoms with Gasteiger partial charge in [0, 0.05) is 29.9 Å². The van der Waals surface area contributed by atoms with Crippen LogP contribution in [0, 0.1) is 0 Å². The number of rotatable bonds is 6. The second-order valence-corrected chi connectivity index (χ2v) is 4.16. The maximum Gasteiger partial charge on any atom is 0.0726 e. The minimum atomic E-state index is 0.731. The normalized spacial score (nSPS) is 10.8. The molecular weight excluding hydrogens is 224 g/mol. The van der Waals surface area contributed by atoms with E-state index in [1.165, 1.54) is 5.39 Å². The second-order valence-electron chi connectivity index (χ2n) is 4.16. The molecule has 0 saturated carbocycles. The van der Waals surface area contributed by atoms with E-state index in [4.69, 9.17) is 4.74 Å². The summed E-state index contributed by atoms with van der Waals surface area (Å²) in [7, 11) is 0. The largest absolute Gasteiger partial charge is 0.382 e. The number of hydrogen-bond donors (Lipinski definition) is 1. The Morgan fingerprint density at radius 2 is 2.06 bits per heavy atom. The standard InChI is InChI=1S/C15H20N2O/c1-3-12-11-15(16-9-10-18-4-2)13-7-5-6-8-14(13)17-12/h5-8,11H,3-4,9-10H2,1-2H3,(H,16,17). The van der Waals surface area contributed by atoms with E-state index in [2.05, 4.69) is 35.4 Å². The van der Waals surface area contributed by atoms with Crippen LogP contribution in [0.2, 0.25) is 0 Å². The fraction of sp³-hybridized carbons (Fsp3) is 0.400. The molecule has 18 heavy (non-hydrogen) atoms. The first kappa shape index (κ1) is 12.8. The van der Waals surface area contributed by atoms with E-state index in [1.54, 1.807) is 0 Å². The smallest absolute Gasteiger partial charge is 0.0726 e. The van der Waals surface area contributed by atoms with E-state index < -0.39 is 0 Å². The van der Waals surface area contributed by atoms with Crippen molar-refractivity contribution in [2.24, 2.45) is 0 Å². The first-order chi connectivity index (χ1) is 8.85. The molecular formula is C15H20N2O. The zero-order chi connectivity index (χ0) is 12.8. The summed E-state index contributed by atoms with van der Waals surface area (Å²) in [6.45, 7) is 6.46. The highest BCUT2D eigenvalue weighted by Gasteiger charge is 2.03. The third kappa shape index (κ3) is 2.99.